The van der Waals surface area contributed by atoms with Crippen LogP contribution in [0.5, 0.6) is 0 Å². The van der Waals surface area contributed by atoms with Crippen LogP contribution >= 0.6 is 34.8 Å². The average molecular weight is 433 g/mol. The van der Waals surface area contributed by atoms with E-state index < -0.39 is 11.4 Å². The first-order valence-corrected chi connectivity index (χ1v) is 10.7. The first kappa shape index (κ1) is 21.9. The summed E-state index contributed by atoms with van der Waals surface area (Å²) in [6.07, 6.45) is 0.702. The fourth-order valence-corrected chi connectivity index (χ4v) is 4.11. The van der Waals surface area contributed by atoms with Gasteiger partial charge in [0.25, 0.3) is 0 Å². The molecule has 0 aromatic heterocycles. The van der Waals surface area contributed by atoms with Gasteiger partial charge in [-0.15, -0.1) is 4.72 Å². The van der Waals surface area contributed by atoms with E-state index in [0.29, 0.717) is 21.5 Å². The quantitative estimate of drug-likeness (QED) is 0.535. The summed E-state index contributed by atoms with van der Waals surface area (Å²) in [5.74, 6) is 0.0808. The van der Waals surface area contributed by atoms with Crippen molar-refractivity contribution in [3.63, 3.8) is 0 Å². The van der Waals surface area contributed by atoms with Crippen LogP contribution in [0.25, 0.3) is 0 Å². The number of hydrogen-bond donors (Lipinski definition) is 1. The predicted octanol–water partition coefficient (Wildman–Crippen LogP) is 6.41. The average Bonchev–Trinajstić information content (AvgIpc) is 2.54. The number of hydrogen-bond acceptors (Lipinski definition) is 2. The molecule has 142 valence electrons. The van der Waals surface area contributed by atoms with Crippen LogP contribution in [0.15, 0.2) is 42.5 Å². The van der Waals surface area contributed by atoms with Crippen LogP contribution in [0.2, 0.25) is 15.1 Å². The van der Waals surface area contributed by atoms with E-state index in [1.54, 1.807) is 6.07 Å². The van der Waals surface area contributed by atoms with Crippen LogP contribution in [0.3, 0.4) is 0 Å². The van der Waals surface area contributed by atoms with Crippen molar-refractivity contribution in [1.82, 2.24) is 4.72 Å². The lowest BCUT2D eigenvalue weighted by molar-refractivity contribution is 0.486. The van der Waals surface area contributed by atoms with Gasteiger partial charge in [0, 0.05) is 32.3 Å². The third kappa shape index (κ3) is 6.05. The van der Waals surface area contributed by atoms with Gasteiger partial charge in [0.2, 0.25) is 0 Å². The highest BCUT2D eigenvalue weighted by atomic mass is 35.5. The van der Waals surface area contributed by atoms with Crippen molar-refractivity contribution in [3.05, 3.63) is 68.7 Å². The zero-order valence-electron chi connectivity index (χ0n) is 15.4. The maximum absolute atomic E-state index is 12.6. The lowest BCUT2D eigenvalue weighted by Gasteiger charge is -2.31. The van der Waals surface area contributed by atoms with Gasteiger partial charge in [-0.25, -0.2) is 0 Å². The first-order valence-electron chi connectivity index (χ1n) is 8.45. The minimum Gasteiger partial charge on any atom is -0.598 e. The molecule has 2 rings (SSSR count). The van der Waals surface area contributed by atoms with E-state index in [4.69, 9.17) is 34.8 Å². The lowest BCUT2D eigenvalue weighted by Crippen LogP contribution is -2.46. The van der Waals surface area contributed by atoms with E-state index in [0.717, 1.165) is 11.1 Å². The summed E-state index contributed by atoms with van der Waals surface area (Å²) >= 11 is 17.3. The van der Waals surface area contributed by atoms with E-state index in [2.05, 4.69) is 4.72 Å². The Hall–Kier alpha value is -0.420. The van der Waals surface area contributed by atoms with Gasteiger partial charge in [0.05, 0.1) is 6.04 Å². The molecule has 0 aliphatic rings. The number of nitrogens with one attached hydrogen (secondary N) is 1. The van der Waals surface area contributed by atoms with Crippen molar-refractivity contribution in [3.8, 4) is 0 Å². The number of halogens is 3. The summed E-state index contributed by atoms with van der Waals surface area (Å²) in [6, 6.07) is 13.3. The molecule has 0 aliphatic heterocycles. The SMILES string of the molecule is CC(N[S+]([O-])C(C)(C)C)C(Cc1ccc(Cl)cc1Cl)c1ccc(Cl)cc1. The number of benzene rings is 2. The Labute approximate surface area is 174 Å². The normalized spacial score (nSPS) is 15.5. The van der Waals surface area contributed by atoms with Crippen molar-refractivity contribution in [2.75, 3.05) is 0 Å². The third-order valence-corrected chi connectivity index (χ3v) is 6.74. The molecule has 26 heavy (non-hydrogen) atoms. The summed E-state index contributed by atoms with van der Waals surface area (Å²) in [4.78, 5) is 0. The van der Waals surface area contributed by atoms with Gasteiger partial charge in [-0.1, -0.05) is 53.0 Å². The fraction of sp³-hybridized carbons (Fsp3) is 0.400. The molecule has 0 amide bonds. The minimum atomic E-state index is -1.16. The van der Waals surface area contributed by atoms with Crippen molar-refractivity contribution in [1.29, 1.82) is 0 Å². The molecular formula is C20H24Cl3NOS. The molecule has 1 N–H and O–H groups in total. The summed E-state index contributed by atoms with van der Waals surface area (Å²) in [6.45, 7) is 7.91. The summed E-state index contributed by atoms with van der Waals surface area (Å²) in [7, 11) is 0. The van der Waals surface area contributed by atoms with Gasteiger partial charge < -0.3 is 4.55 Å². The fourth-order valence-electron chi connectivity index (χ4n) is 2.65. The monoisotopic (exact) mass is 431 g/mol. The van der Waals surface area contributed by atoms with Crippen molar-refractivity contribution in [2.24, 2.45) is 0 Å². The summed E-state index contributed by atoms with van der Waals surface area (Å²) in [5, 5.41) is 1.94. The predicted molar refractivity (Wildman–Crippen MR) is 115 cm³/mol. The smallest absolute Gasteiger partial charge is 0.136 e. The molecule has 0 radical (unpaired) electrons. The highest BCUT2D eigenvalue weighted by Crippen LogP contribution is 2.31. The molecular weight excluding hydrogens is 409 g/mol. The Bertz CT molecular complexity index is 731. The van der Waals surface area contributed by atoms with Crippen LogP contribution in [0.4, 0.5) is 0 Å². The Morgan fingerprint density at radius 3 is 2.12 bits per heavy atom. The Morgan fingerprint density at radius 1 is 1.00 bits per heavy atom. The maximum atomic E-state index is 12.6. The van der Waals surface area contributed by atoms with Crippen LogP contribution in [0.1, 0.15) is 44.7 Å². The van der Waals surface area contributed by atoms with E-state index in [-0.39, 0.29) is 16.7 Å². The van der Waals surface area contributed by atoms with Gasteiger partial charge in [-0.05, 0) is 69.5 Å². The van der Waals surface area contributed by atoms with Gasteiger partial charge in [0.15, 0.2) is 0 Å². The summed E-state index contributed by atoms with van der Waals surface area (Å²) < 4.78 is 15.5. The van der Waals surface area contributed by atoms with Crippen molar-refractivity contribution >= 4 is 46.2 Å². The third-order valence-electron chi connectivity index (χ3n) is 4.21. The second kappa shape index (κ2) is 9.18. The molecule has 0 fully saturated rings. The lowest BCUT2D eigenvalue weighted by atomic mass is 9.87. The number of rotatable bonds is 6. The van der Waals surface area contributed by atoms with Gasteiger partial charge in [0.1, 0.15) is 4.75 Å². The highest BCUT2D eigenvalue weighted by Gasteiger charge is 2.31. The molecule has 0 aliphatic carbocycles. The largest absolute Gasteiger partial charge is 0.598 e. The van der Waals surface area contributed by atoms with Gasteiger partial charge in [-0.2, -0.15) is 0 Å². The van der Waals surface area contributed by atoms with E-state index in [9.17, 15) is 4.55 Å². The molecule has 0 heterocycles. The molecule has 6 heteroatoms. The Balaban J connectivity index is 2.30. The van der Waals surface area contributed by atoms with E-state index >= 15 is 0 Å². The molecule has 2 aromatic carbocycles. The molecule has 0 saturated carbocycles. The van der Waals surface area contributed by atoms with Crippen LogP contribution in [-0.4, -0.2) is 15.3 Å². The topological polar surface area (TPSA) is 35.1 Å². The second-order valence-electron chi connectivity index (χ2n) is 7.39. The van der Waals surface area contributed by atoms with Crippen molar-refractivity contribution in [2.45, 2.75) is 50.8 Å². The maximum Gasteiger partial charge on any atom is 0.136 e. The first-order chi connectivity index (χ1) is 12.1. The molecule has 0 saturated heterocycles. The summed E-state index contributed by atoms with van der Waals surface area (Å²) in [5.41, 5.74) is 2.12. The van der Waals surface area contributed by atoms with Crippen LogP contribution in [-0.2, 0) is 17.8 Å². The zero-order chi connectivity index (χ0) is 19.5. The molecule has 3 atom stereocenters. The zero-order valence-corrected chi connectivity index (χ0v) is 18.4. The Kier molecular flexibility index (Phi) is 7.73. The van der Waals surface area contributed by atoms with Gasteiger partial charge in [-0.3, -0.25) is 0 Å². The Morgan fingerprint density at radius 2 is 1.58 bits per heavy atom. The van der Waals surface area contributed by atoms with Crippen LogP contribution in [0, 0.1) is 0 Å². The van der Waals surface area contributed by atoms with Gasteiger partial charge >= 0.3 is 0 Å². The van der Waals surface area contributed by atoms with E-state index in [1.165, 1.54) is 0 Å². The second-order valence-corrected chi connectivity index (χ2v) is 10.7. The minimum absolute atomic E-state index is 0.0250. The molecule has 0 spiro atoms. The van der Waals surface area contributed by atoms with Crippen LogP contribution < -0.4 is 4.72 Å². The highest BCUT2D eigenvalue weighted by molar-refractivity contribution is 7.90. The van der Waals surface area contributed by atoms with Crippen molar-refractivity contribution < 1.29 is 4.55 Å². The molecule has 3 unspecified atom stereocenters. The molecule has 2 nitrogen and oxygen atoms in total. The molecule has 2 aromatic rings. The molecule has 0 bridgehead atoms. The standard InChI is InChI=1S/C20H24Cl3NOS/c1-13(24-26(25)20(2,3)4)18(14-5-8-16(21)9-6-14)11-15-7-10-17(22)12-19(15)23/h5-10,12-13,18,24H,11H2,1-4H3. The van der Waals surface area contributed by atoms with E-state index in [1.807, 2.05) is 64.1 Å².